The van der Waals surface area contributed by atoms with Crippen molar-refractivity contribution in [1.82, 2.24) is 15.3 Å². The first-order valence-electron chi connectivity index (χ1n) is 4.92. The molecule has 0 bridgehead atoms. The fourth-order valence-electron chi connectivity index (χ4n) is 1.20. The minimum Gasteiger partial charge on any atom is -0.347 e. The van der Waals surface area contributed by atoms with E-state index in [9.17, 15) is 4.79 Å². The van der Waals surface area contributed by atoms with Crippen LogP contribution >= 0.6 is 22.9 Å². The number of H-pyrrole nitrogens is 1. The lowest BCUT2D eigenvalue weighted by molar-refractivity contribution is -0.116. The molecule has 0 aromatic carbocycles. The molecule has 6 heteroatoms. The molecular weight excluding hydrogens is 258 g/mol. The highest BCUT2D eigenvalue weighted by Gasteiger charge is 1.98. The number of halogens is 1. The van der Waals surface area contributed by atoms with E-state index >= 15 is 0 Å². The van der Waals surface area contributed by atoms with Crippen molar-refractivity contribution in [3.05, 3.63) is 45.6 Å². The molecule has 1 amide bonds. The molecule has 88 valence electrons. The molecular formula is C11H10ClN3OS. The van der Waals surface area contributed by atoms with Crippen LogP contribution in [0.4, 0.5) is 0 Å². The van der Waals surface area contributed by atoms with E-state index in [1.54, 1.807) is 24.7 Å². The van der Waals surface area contributed by atoms with E-state index in [0.717, 1.165) is 10.6 Å². The number of nitrogens with one attached hydrogen (secondary N) is 2. The maximum absolute atomic E-state index is 11.5. The summed E-state index contributed by atoms with van der Waals surface area (Å²) in [4.78, 5) is 19.2. The average molecular weight is 268 g/mol. The van der Waals surface area contributed by atoms with Crippen molar-refractivity contribution >= 4 is 34.9 Å². The van der Waals surface area contributed by atoms with Crippen LogP contribution in [0.2, 0.25) is 4.34 Å². The Morgan fingerprint density at radius 3 is 3.12 bits per heavy atom. The van der Waals surface area contributed by atoms with Gasteiger partial charge in [-0.2, -0.15) is 0 Å². The molecule has 2 N–H and O–H groups in total. The zero-order chi connectivity index (χ0) is 12.1. The van der Waals surface area contributed by atoms with E-state index < -0.39 is 0 Å². The fourth-order valence-corrected chi connectivity index (χ4v) is 2.16. The number of imidazole rings is 1. The highest BCUT2D eigenvalue weighted by atomic mass is 35.5. The minimum atomic E-state index is -0.149. The summed E-state index contributed by atoms with van der Waals surface area (Å²) < 4.78 is 0.711. The van der Waals surface area contributed by atoms with E-state index in [1.807, 2.05) is 6.07 Å². The number of hydrogen-bond acceptors (Lipinski definition) is 3. The zero-order valence-electron chi connectivity index (χ0n) is 8.81. The Balaban J connectivity index is 1.83. The van der Waals surface area contributed by atoms with Crippen LogP contribution in [0.3, 0.4) is 0 Å². The average Bonchev–Trinajstić information content (AvgIpc) is 2.95. The molecule has 0 radical (unpaired) electrons. The van der Waals surface area contributed by atoms with Gasteiger partial charge in [0, 0.05) is 17.2 Å². The smallest absolute Gasteiger partial charge is 0.244 e. The van der Waals surface area contributed by atoms with Crippen molar-refractivity contribution in [2.45, 2.75) is 6.54 Å². The summed E-state index contributed by atoms with van der Waals surface area (Å²) in [6.07, 6.45) is 6.46. The van der Waals surface area contributed by atoms with Gasteiger partial charge in [0.05, 0.1) is 22.9 Å². The molecule has 0 aliphatic heterocycles. The van der Waals surface area contributed by atoms with Gasteiger partial charge < -0.3 is 10.3 Å². The number of amides is 1. The highest BCUT2D eigenvalue weighted by Crippen LogP contribution is 2.22. The molecule has 2 aromatic heterocycles. The molecule has 2 aromatic rings. The number of rotatable bonds is 4. The maximum Gasteiger partial charge on any atom is 0.244 e. The molecule has 0 saturated carbocycles. The quantitative estimate of drug-likeness (QED) is 0.836. The summed E-state index contributed by atoms with van der Waals surface area (Å²) in [5.74, 6) is -0.149. The van der Waals surface area contributed by atoms with Crippen LogP contribution < -0.4 is 5.32 Å². The van der Waals surface area contributed by atoms with Crippen LogP contribution in [-0.2, 0) is 11.3 Å². The Morgan fingerprint density at radius 2 is 2.47 bits per heavy atom. The van der Waals surface area contributed by atoms with E-state index in [0.29, 0.717) is 10.9 Å². The molecule has 0 aliphatic rings. The predicted octanol–water partition coefficient (Wildman–Crippen LogP) is 2.45. The van der Waals surface area contributed by atoms with Crippen molar-refractivity contribution in [3.8, 4) is 0 Å². The Kier molecular flexibility index (Phi) is 3.95. The fraction of sp³-hybridized carbons (Fsp3) is 0.0909. The molecule has 2 heterocycles. The molecule has 0 unspecified atom stereocenters. The lowest BCUT2D eigenvalue weighted by Crippen LogP contribution is -2.20. The van der Waals surface area contributed by atoms with Crippen LogP contribution in [0.15, 0.2) is 30.7 Å². The molecule has 0 fully saturated rings. The summed E-state index contributed by atoms with van der Waals surface area (Å²) in [6, 6.07) is 3.67. The Labute approximate surface area is 107 Å². The predicted molar refractivity (Wildman–Crippen MR) is 68.8 cm³/mol. The second-order valence-corrected chi connectivity index (χ2v) is 5.02. The Bertz CT molecular complexity index is 519. The van der Waals surface area contributed by atoms with Gasteiger partial charge in [-0.25, -0.2) is 4.98 Å². The van der Waals surface area contributed by atoms with Crippen LogP contribution in [0.25, 0.3) is 6.08 Å². The van der Waals surface area contributed by atoms with Gasteiger partial charge in [-0.3, -0.25) is 4.79 Å². The van der Waals surface area contributed by atoms with Gasteiger partial charge >= 0.3 is 0 Å². The summed E-state index contributed by atoms with van der Waals surface area (Å²) >= 11 is 7.21. The second-order valence-electron chi connectivity index (χ2n) is 3.27. The van der Waals surface area contributed by atoms with Crippen molar-refractivity contribution in [2.24, 2.45) is 0 Å². The molecule has 0 spiro atoms. The van der Waals surface area contributed by atoms with Crippen molar-refractivity contribution < 1.29 is 4.79 Å². The third-order valence-electron chi connectivity index (χ3n) is 2.00. The van der Waals surface area contributed by atoms with Gasteiger partial charge in [0.15, 0.2) is 0 Å². The molecule has 0 aliphatic carbocycles. The first kappa shape index (κ1) is 11.9. The van der Waals surface area contributed by atoms with Gasteiger partial charge in [-0.05, 0) is 18.2 Å². The molecule has 0 saturated heterocycles. The number of hydrogen-bond donors (Lipinski definition) is 2. The minimum absolute atomic E-state index is 0.149. The topological polar surface area (TPSA) is 57.8 Å². The van der Waals surface area contributed by atoms with E-state index in [4.69, 9.17) is 11.6 Å². The molecule has 4 nitrogen and oxygen atoms in total. The molecule has 17 heavy (non-hydrogen) atoms. The number of carbonyl (C=O) groups is 1. The Hall–Kier alpha value is -1.59. The van der Waals surface area contributed by atoms with Crippen molar-refractivity contribution in [1.29, 1.82) is 0 Å². The lowest BCUT2D eigenvalue weighted by atomic mass is 10.4. The van der Waals surface area contributed by atoms with Crippen LogP contribution in [0, 0.1) is 0 Å². The zero-order valence-corrected chi connectivity index (χ0v) is 10.4. The van der Waals surface area contributed by atoms with Crippen LogP contribution in [0.5, 0.6) is 0 Å². The highest BCUT2D eigenvalue weighted by molar-refractivity contribution is 7.17. The summed E-state index contributed by atoms with van der Waals surface area (Å²) in [7, 11) is 0. The van der Waals surface area contributed by atoms with Gasteiger partial charge in [0.2, 0.25) is 5.91 Å². The number of carbonyl (C=O) groups excluding carboxylic acids is 1. The Morgan fingerprint density at radius 1 is 1.59 bits per heavy atom. The first-order chi connectivity index (χ1) is 8.24. The third kappa shape index (κ3) is 3.72. The third-order valence-corrected chi connectivity index (χ3v) is 3.20. The van der Waals surface area contributed by atoms with Gasteiger partial charge in [-0.1, -0.05) is 11.6 Å². The summed E-state index contributed by atoms with van der Waals surface area (Å²) in [6.45, 7) is 0.439. The van der Waals surface area contributed by atoms with E-state index in [-0.39, 0.29) is 5.91 Å². The van der Waals surface area contributed by atoms with Crippen molar-refractivity contribution in [2.75, 3.05) is 0 Å². The molecule has 2 rings (SSSR count). The molecule has 0 atom stereocenters. The van der Waals surface area contributed by atoms with E-state index in [2.05, 4.69) is 15.3 Å². The summed E-state index contributed by atoms with van der Waals surface area (Å²) in [5, 5.41) is 2.74. The monoisotopic (exact) mass is 267 g/mol. The number of thiophene rings is 1. The van der Waals surface area contributed by atoms with Crippen LogP contribution in [-0.4, -0.2) is 15.9 Å². The number of aromatic amines is 1. The SMILES string of the molecule is O=C(C=Cc1ccc(Cl)s1)NCc1cnc[nH]1. The number of nitrogens with zero attached hydrogens (tertiary/aromatic N) is 1. The van der Waals surface area contributed by atoms with Gasteiger partial charge in [0.25, 0.3) is 0 Å². The standard InChI is InChI=1S/C11H10ClN3OS/c12-10-3-1-9(17-10)2-4-11(16)14-6-8-5-13-7-15-8/h1-5,7H,6H2,(H,13,15)(H,14,16). The van der Waals surface area contributed by atoms with Crippen molar-refractivity contribution in [3.63, 3.8) is 0 Å². The normalized spacial score (nSPS) is 10.9. The largest absolute Gasteiger partial charge is 0.347 e. The first-order valence-corrected chi connectivity index (χ1v) is 6.12. The maximum atomic E-state index is 11.5. The summed E-state index contributed by atoms with van der Waals surface area (Å²) in [5.41, 5.74) is 0.867. The lowest BCUT2D eigenvalue weighted by Gasteiger charge is -1.98. The van der Waals surface area contributed by atoms with E-state index in [1.165, 1.54) is 17.4 Å². The second kappa shape index (κ2) is 5.65. The van der Waals surface area contributed by atoms with Gasteiger partial charge in [-0.15, -0.1) is 11.3 Å². The van der Waals surface area contributed by atoms with Crippen LogP contribution in [0.1, 0.15) is 10.6 Å². The number of aromatic nitrogens is 2. The van der Waals surface area contributed by atoms with Gasteiger partial charge in [0.1, 0.15) is 0 Å².